The molecule has 0 atom stereocenters. The zero-order valence-corrected chi connectivity index (χ0v) is 12.4. The van der Waals surface area contributed by atoms with Crippen molar-refractivity contribution >= 4 is 15.9 Å². The van der Waals surface area contributed by atoms with Gasteiger partial charge in [0.2, 0.25) is 0 Å². The van der Waals surface area contributed by atoms with Crippen LogP contribution >= 0.6 is 15.9 Å². The van der Waals surface area contributed by atoms with Crippen LogP contribution in [0.4, 0.5) is 0 Å². The molecule has 0 saturated carbocycles. The van der Waals surface area contributed by atoms with Crippen LogP contribution in [-0.2, 0) is 6.61 Å². The summed E-state index contributed by atoms with van der Waals surface area (Å²) >= 11 is 3.44. The van der Waals surface area contributed by atoms with Crippen molar-refractivity contribution in [3.8, 4) is 17.2 Å². The van der Waals surface area contributed by atoms with E-state index in [1.165, 1.54) is 0 Å². The number of halogens is 1. The van der Waals surface area contributed by atoms with Gasteiger partial charge in [0.05, 0.1) is 18.7 Å². The molecule has 3 nitrogen and oxygen atoms in total. The van der Waals surface area contributed by atoms with Crippen molar-refractivity contribution in [2.24, 2.45) is 0 Å². The molecule has 0 unspecified atom stereocenters. The van der Waals surface area contributed by atoms with Gasteiger partial charge in [-0.15, -0.1) is 0 Å². The summed E-state index contributed by atoms with van der Waals surface area (Å²) in [6.07, 6.45) is 0. The van der Waals surface area contributed by atoms with E-state index in [1.807, 2.05) is 36.4 Å². The molecule has 0 radical (unpaired) electrons. The third kappa shape index (κ3) is 3.41. The Morgan fingerprint density at radius 3 is 2.21 bits per heavy atom. The lowest BCUT2D eigenvalue weighted by atomic mass is 10.2. The van der Waals surface area contributed by atoms with Gasteiger partial charge >= 0.3 is 0 Å². The molecule has 0 fully saturated rings. The van der Waals surface area contributed by atoms with E-state index in [2.05, 4.69) is 15.9 Å². The van der Waals surface area contributed by atoms with E-state index in [-0.39, 0.29) is 0 Å². The predicted molar refractivity (Wildman–Crippen MR) is 78.0 cm³/mol. The van der Waals surface area contributed by atoms with Crippen LogP contribution in [0, 0.1) is 0 Å². The van der Waals surface area contributed by atoms with Crippen molar-refractivity contribution in [2.45, 2.75) is 6.61 Å². The summed E-state index contributed by atoms with van der Waals surface area (Å²) in [6.45, 7) is 0.496. The first-order valence-electron chi connectivity index (χ1n) is 5.83. The lowest BCUT2D eigenvalue weighted by Crippen LogP contribution is -1.98. The van der Waals surface area contributed by atoms with Crippen LogP contribution in [-0.4, -0.2) is 14.2 Å². The standard InChI is InChI=1S/C15H15BrO3/c1-17-13-9-14(18-2)15(8-12(13)16)19-10-11-6-4-3-5-7-11/h3-9H,10H2,1-2H3. The van der Waals surface area contributed by atoms with Gasteiger partial charge in [-0.1, -0.05) is 30.3 Å². The smallest absolute Gasteiger partial charge is 0.164 e. The molecule has 0 N–H and O–H groups in total. The van der Waals surface area contributed by atoms with Crippen LogP contribution in [0.25, 0.3) is 0 Å². The number of hydrogen-bond donors (Lipinski definition) is 0. The van der Waals surface area contributed by atoms with Gasteiger partial charge in [-0.05, 0) is 21.5 Å². The highest BCUT2D eigenvalue weighted by atomic mass is 79.9. The Kier molecular flexibility index (Phi) is 4.68. The van der Waals surface area contributed by atoms with Crippen molar-refractivity contribution in [1.29, 1.82) is 0 Å². The minimum Gasteiger partial charge on any atom is -0.495 e. The number of benzene rings is 2. The van der Waals surface area contributed by atoms with Crippen molar-refractivity contribution in [3.63, 3.8) is 0 Å². The Hall–Kier alpha value is -1.68. The molecule has 0 amide bonds. The van der Waals surface area contributed by atoms with Crippen LogP contribution in [0.5, 0.6) is 17.2 Å². The maximum Gasteiger partial charge on any atom is 0.164 e. The summed E-state index contributed by atoms with van der Waals surface area (Å²) in [6, 6.07) is 13.6. The molecule has 19 heavy (non-hydrogen) atoms. The van der Waals surface area contributed by atoms with E-state index in [0.717, 1.165) is 10.0 Å². The average Bonchev–Trinajstić information content (AvgIpc) is 2.46. The summed E-state index contributed by atoms with van der Waals surface area (Å²) in [5.41, 5.74) is 1.11. The Balaban J connectivity index is 2.18. The SMILES string of the molecule is COc1cc(OC)c(OCc2ccccc2)cc1Br. The highest BCUT2D eigenvalue weighted by Crippen LogP contribution is 2.37. The van der Waals surface area contributed by atoms with Gasteiger partial charge in [-0.25, -0.2) is 0 Å². The largest absolute Gasteiger partial charge is 0.495 e. The van der Waals surface area contributed by atoms with Crippen LogP contribution < -0.4 is 14.2 Å². The molecule has 0 bridgehead atoms. The van der Waals surface area contributed by atoms with Gasteiger partial charge in [-0.2, -0.15) is 0 Å². The zero-order valence-electron chi connectivity index (χ0n) is 10.9. The first-order valence-corrected chi connectivity index (χ1v) is 6.62. The molecule has 2 aromatic carbocycles. The molecular formula is C15H15BrO3. The average molecular weight is 323 g/mol. The number of ether oxygens (including phenoxy) is 3. The first kappa shape index (κ1) is 13.7. The second-order valence-corrected chi connectivity index (χ2v) is 4.77. The summed E-state index contributed by atoms with van der Waals surface area (Å²) in [5.74, 6) is 2.04. The highest BCUT2D eigenvalue weighted by molar-refractivity contribution is 9.10. The zero-order chi connectivity index (χ0) is 13.7. The van der Waals surface area contributed by atoms with E-state index in [0.29, 0.717) is 23.9 Å². The Morgan fingerprint density at radius 1 is 0.895 bits per heavy atom. The quantitative estimate of drug-likeness (QED) is 0.831. The Bertz CT molecular complexity index is 541. The summed E-state index contributed by atoms with van der Waals surface area (Å²) < 4.78 is 17.1. The molecule has 100 valence electrons. The van der Waals surface area contributed by atoms with Crippen LogP contribution in [0.1, 0.15) is 5.56 Å². The van der Waals surface area contributed by atoms with E-state index in [1.54, 1.807) is 20.3 Å². The number of hydrogen-bond acceptors (Lipinski definition) is 3. The highest BCUT2D eigenvalue weighted by Gasteiger charge is 2.10. The van der Waals surface area contributed by atoms with E-state index in [9.17, 15) is 0 Å². The molecule has 0 aliphatic heterocycles. The molecule has 2 aromatic rings. The fourth-order valence-electron chi connectivity index (χ4n) is 1.68. The Labute approximate surface area is 121 Å². The van der Waals surface area contributed by atoms with Gasteiger partial charge in [-0.3, -0.25) is 0 Å². The molecule has 4 heteroatoms. The van der Waals surface area contributed by atoms with E-state index < -0.39 is 0 Å². The van der Waals surface area contributed by atoms with Crippen molar-refractivity contribution in [2.75, 3.05) is 14.2 Å². The number of rotatable bonds is 5. The fourth-order valence-corrected chi connectivity index (χ4v) is 2.16. The summed E-state index contributed by atoms with van der Waals surface area (Å²) in [7, 11) is 3.22. The summed E-state index contributed by atoms with van der Waals surface area (Å²) in [5, 5.41) is 0. The van der Waals surface area contributed by atoms with E-state index >= 15 is 0 Å². The van der Waals surface area contributed by atoms with Crippen molar-refractivity contribution in [3.05, 3.63) is 52.5 Å². The normalized spacial score (nSPS) is 10.1. The van der Waals surface area contributed by atoms with Crippen molar-refractivity contribution < 1.29 is 14.2 Å². The molecule has 0 aliphatic carbocycles. The second kappa shape index (κ2) is 6.48. The third-order valence-corrected chi connectivity index (χ3v) is 3.29. The molecule has 0 heterocycles. The number of methoxy groups -OCH3 is 2. The van der Waals surface area contributed by atoms with Gasteiger partial charge < -0.3 is 14.2 Å². The minimum atomic E-state index is 0.496. The van der Waals surface area contributed by atoms with Gasteiger partial charge in [0.1, 0.15) is 12.4 Å². The molecule has 0 aromatic heterocycles. The lowest BCUT2D eigenvalue weighted by molar-refractivity contribution is 0.282. The van der Waals surface area contributed by atoms with Gasteiger partial charge in [0.25, 0.3) is 0 Å². The van der Waals surface area contributed by atoms with E-state index in [4.69, 9.17) is 14.2 Å². The molecule has 0 aliphatic rings. The maximum absolute atomic E-state index is 5.78. The minimum absolute atomic E-state index is 0.496. The van der Waals surface area contributed by atoms with Gasteiger partial charge in [0.15, 0.2) is 11.5 Å². The van der Waals surface area contributed by atoms with Crippen LogP contribution in [0.3, 0.4) is 0 Å². The summed E-state index contributed by atoms with van der Waals surface area (Å²) in [4.78, 5) is 0. The van der Waals surface area contributed by atoms with Crippen LogP contribution in [0.15, 0.2) is 46.9 Å². The molecule has 0 spiro atoms. The second-order valence-electron chi connectivity index (χ2n) is 3.91. The van der Waals surface area contributed by atoms with Crippen LogP contribution in [0.2, 0.25) is 0 Å². The molecule has 2 rings (SSSR count). The first-order chi connectivity index (χ1) is 9.24. The lowest BCUT2D eigenvalue weighted by Gasteiger charge is -2.13. The Morgan fingerprint density at radius 2 is 1.58 bits per heavy atom. The van der Waals surface area contributed by atoms with Crippen molar-refractivity contribution in [1.82, 2.24) is 0 Å². The van der Waals surface area contributed by atoms with Gasteiger partial charge in [0, 0.05) is 12.1 Å². The monoisotopic (exact) mass is 322 g/mol. The predicted octanol–water partition coefficient (Wildman–Crippen LogP) is 4.05. The maximum atomic E-state index is 5.78. The molecular weight excluding hydrogens is 308 g/mol. The molecule has 0 saturated heterocycles. The topological polar surface area (TPSA) is 27.7 Å². The third-order valence-electron chi connectivity index (χ3n) is 2.68. The fraction of sp³-hybridized carbons (Fsp3) is 0.200.